The molecule has 4 nitrogen and oxygen atoms in total. The molecule has 0 saturated heterocycles. The highest BCUT2D eigenvalue weighted by atomic mass is 16.5. The molecule has 0 unspecified atom stereocenters. The Morgan fingerprint density at radius 2 is 1.92 bits per heavy atom. The van der Waals surface area contributed by atoms with Crippen molar-refractivity contribution in [1.29, 1.82) is 0 Å². The highest BCUT2D eigenvalue weighted by molar-refractivity contribution is 5.59. The maximum atomic E-state index is 10.5. The van der Waals surface area contributed by atoms with Gasteiger partial charge in [-0.25, -0.2) is 0 Å². The van der Waals surface area contributed by atoms with E-state index in [1.807, 2.05) is 0 Å². The molecule has 3 aliphatic rings. The van der Waals surface area contributed by atoms with E-state index >= 15 is 0 Å². The van der Waals surface area contributed by atoms with Crippen LogP contribution in [0.25, 0.3) is 0 Å². The Bertz CT molecular complexity index is 656. The molecular formula is C20H28O4. The summed E-state index contributed by atoms with van der Waals surface area (Å²) in [6.45, 7) is 2.29. The zero-order valence-corrected chi connectivity index (χ0v) is 14.8. The zero-order valence-electron chi connectivity index (χ0n) is 14.8. The minimum atomic E-state index is -0.152. The molecule has 0 spiro atoms. The molecule has 4 rings (SSSR count). The lowest BCUT2D eigenvalue weighted by Crippen LogP contribution is -2.44. The van der Waals surface area contributed by atoms with Crippen molar-refractivity contribution in [3.8, 4) is 17.2 Å². The monoisotopic (exact) mass is 332 g/mol. The Kier molecular flexibility index (Phi) is 3.72. The molecule has 2 saturated carbocycles. The minimum absolute atomic E-state index is 0.0763. The van der Waals surface area contributed by atoms with Crippen LogP contribution in [-0.2, 0) is 6.42 Å². The summed E-state index contributed by atoms with van der Waals surface area (Å²) in [7, 11) is 3.30. The van der Waals surface area contributed by atoms with Crippen LogP contribution in [0.15, 0.2) is 6.07 Å². The normalized spacial score (nSPS) is 37.3. The van der Waals surface area contributed by atoms with E-state index in [1.54, 1.807) is 20.3 Å². The number of rotatable bonds is 2. The summed E-state index contributed by atoms with van der Waals surface area (Å²) in [6.07, 6.45) is 6.07. The topological polar surface area (TPSA) is 58.9 Å². The quantitative estimate of drug-likeness (QED) is 0.868. The molecule has 0 heterocycles. The van der Waals surface area contributed by atoms with E-state index in [2.05, 4.69) is 6.92 Å². The summed E-state index contributed by atoms with van der Waals surface area (Å²) in [6, 6.07) is 1.71. The van der Waals surface area contributed by atoms with Crippen molar-refractivity contribution in [2.45, 2.75) is 57.5 Å². The van der Waals surface area contributed by atoms with E-state index in [4.69, 9.17) is 9.47 Å². The Morgan fingerprint density at radius 3 is 2.62 bits per heavy atom. The molecule has 0 aliphatic heterocycles. The molecular weight excluding hydrogens is 304 g/mol. The van der Waals surface area contributed by atoms with Crippen molar-refractivity contribution in [3.63, 3.8) is 0 Å². The molecule has 0 bridgehead atoms. The van der Waals surface area contributed by atoms with E-state index in [0.717, 1.165) is 49.8 Å². The molecule has 1 aromatic rings. The van der Waals surface area contributed by atoms with E-state index in [1.165, 1.54) is 5.56 Å². The lowest BCUT2D eigenvalue weighted by atomic mass is 9.55. The smallest absolute Gasteiger partial charge is 0.164 e. The van der Waals surface area contributed by atoms with Crippen LogP contribution in [0, 0.1) is 17.3 Å². The molecule has 4 heteroatoms. The second-order valence-corrected chi connectivity index (χ2v) is 8.08. The zero-order chi connectivity index (χ0) is 17.1. The van der Waals surface area contributed by atoms with Gasteiger partial charge in [0.05, 0.1) is 20.3 Å². The van der Waals surface area contributed by atoms with Crippen LogP contribution < -0.4 is 9.47 Å². The fourth-order valence-corrected chi connectivity index (χ4v) is 6.08. The van der Waals surface area contributed by atoms with E-state index < -0.39 is 0 Å². The first kappa shape index (κ1) is 16.1. The van der Waals surface area contributed by atoms with Gasteiger partial charge in [-0.3, -0.25) is 0 Å². The molecule has 1 aromatic carbocycles. The number of benzene rings is 1. The van der Waals surface area contributed by atoms with Gasteiger partial charge < -0.3 is 19.7 Å². The Hall–Kier alpha value is -1.42. The van der Waals surface area contributed by atoms with Gasteiger partial charge in [-0.15, -0.1) is 0 Å². The van der Waals surface area contributed by atoms with E-state index in [0.29, 0.717) is 23.5 Å². The average molecular weight is 332 g/mol. The number of phenols is 1. The summed E-state index contributed by atoms with van der Waals surface area (Å²) in [5.41, 5.74) is 2.44. The van der Waals surface area contributed by atoms with Gasteiger partial charge in [0, 0.05) is 17.2 Å². The van der Waals surface area contributed by atoms with Crippen molar-refractivity contribution < 1.29 is 19.7 Å². The first-order valence-corrected chi connectivity index (χ1v) is 9.16. The van der Waals surface area contributed by atoms with Crippen molar-refractivity contribution in [3.05, 3.63) is 17.2 Å². The predicted molar refractivity (Wildman–Crippen MR) is 91.8 cm³/mol. The van der Waals surface area contributed by atoms with Gasteiger partial charge in [-0.05, 0) is 61.7 Å². The van der Waals surface area contributed by atoms with Gasteiger partial charge in [0.1, 0.15) is 5.75 Å². The molecule has 24 heavy (non-hydrogen) atoms. The molecule has 0 radical (unpaired) electrons. The number of hydrogen-bond acceptors (Lipinski definition) is 4. The second kappa shape index (κ2) is 5.55. The van der Waals surface area contributed by atoms with Gasteiger partial charge >= 0.3 is 0 Å². The van der Waals surface area contributed by atoms with Crippen LogP contribution in [0.2, 0.25) is 0 Å². The molecule has 2 N–H and O–H groups in total. The van der Waals surface area contributed by atoms with Gasteiger partial charge in [-0.1, -0.05) is 6.92 Å². The van der Waals surface area contributed by atoms with Gasteiger partial charge in [0.25, 0.3) is 0 Å². The maximum absolute atomic E-state index is 10.5. The number of aliphatic hydroxyl groups excluding tert-OH is 1. The number of aliphatic hydroxyl groups is 1. The van der Waals surface area contributed by atoms with Crippen LogP contribution in [-0.4, -0.2) is 30.5 Å². The highest BCUT2D eigenvalue weighted by Crippen LogP contribution is 2.62. The Labute approximate surface area is 143 Å². The minimum Gasteiger partial charge on any atom is -0.504 e. The van der Waals surface area contributed by atoms with Crippen LogP contribution in [0.1, 0.15) is 56.1 Å². The van der Waals surface area contributed by atoms with Crippen LogP contribution in [0.4, 0.5) is 0 Å². The van der Waals surface area contributed by atoms with Crippen molar-refractivity contribution in [2.24, 2.45) is 17.3 Å². The van der Waals surface area contributed by atoms with Gasteiger partial charge in [0.15, 0.2) is 11.5 Å². The van der Waals surface area contributed by atoms with Gasteiger partial charge in [0.2, 0.25) is 0 Å². The van der Waals surface area contributed by atoms with E-state index in [9.17, 15) is 10.2 Å². The van der Waals surface area contributed by atoms with Crippen LogP contribution in [0.3, 0.4) is 0 Å². The number of phenolic OH excluding ortho intramolecular Hbond substituents is 1. The highest BCUT2D eigenvalue weighted by Gasteiger charge is 2.55. The summed E-state index contributed by atoms with van der Waals surface area (Å²) in [5, 5.41) is 20.8. The molecule has 0 amide bonds. The summed E-state index contributed by atoms with van der Waals surface area (Å²) in [5.74, 6) is 3.20. The number of ether oxygens (including phenoxy) is 2. The van der Waals surface area contributed by atoms with Crippen LogP contribution in [0.5, 0.6) is 17.2 Å². The van der Waals surface area contributed by atoms with Crippen molar-refractivity contribution in [2.75, 3.05) is 14.2 Å². The van der Waals surface area contributed by atoms with Crippen molar-refractivity contribution >= 4 is 0 Å². The first-order valence-electron chi connectivity index (χ1n) is 9.16. The average Bonchev–Trinajstić information content (AvgIpc) is 2.89. The number of aromatic hydroxyl groups is 1. The van der Waals surface area contributed by atoms with E-state index in [-0.39, 0.29) is 17.3 Å². The lowest BCUT2D eigenvalue weighted by molar-refractivity contribution is -0.0230. The molecule has 0 aromatic heterocycles. The van der Waals surface area contributed by atoms with Crippen molar-refractivity contribution in [1.82, 2.24) is 0 Å². The largest absolute Gasteiger partial charge is 0.504 e. The predicted octanol–water partition coefficient (Wildman–Crippen LogP) is 3.63. The molecule has 132 valence electrons. The maximum Gasteiger partial charge on any atom is 0.164 e. The third kappa shape index (κ3) is 2.01. The van der Waals surface area contributed by atoms with Crippen LogP contribution >= 0.6 is 0 Å². The number of methoxy groups -OCH3 is 2. The SMILES string of the molecule is COc1cc(O)c(OC)c2c1[C@H]1CC[C@]3(C)[C@@H](O)CC[C@H]3[C@H]1CC2. The molecule has 2 fully saturated rings. The molecule has 3 aliphatic carbocycles. The second-order valence-electron chi connectivity index (χ2n) is 8.08. The van der Waals surface area contributed by atoms with Gasteiger partial charge in [-0.2, -0.15) is 0 Å². The fourth-order valence-electron chi connectivity index (χ4n) is 6.08. The fraction of sp³-hybridized carbons (Fsp3) is 0.700. The lowest BCUT2D eigenvalue weighted by Gasteiger charge is -2.50. The number of fused-ring (bicyclic) bond motifs is 5. The number of hydrogen-bond donors (Lipinski definition) is 2. The third-order valence-electron chi connectivity index (χ3n) is 7.27. The summed E-state index contributed by atoms with van der Waals surface area (Å²) < 4.78 is 11.1. The Morgan fingerprint density at radius 1 is 1.12 bits per heavy atom. The third-order valence-corrected chi connectivity index (χ3v) is 7.27. The standard InChI is InChI=1S/C20H28O4/c1-20-9-8-12-11(14(20)6-7-17(20)22)4-5-13-18(12)16(23-2)10-15(21)19(13)24-3/h10-12,14,17,21-22H,4-9H2,1-3H3/t11-,12-,14-,17-,20-/m0/s1. The summed E-state index contributed by atoms with van der Waals surface area (Å²) in [4.78, 5) is 0. The Balaban J connectivity index is 1.80. The first-order chi connectivity index (χ1) is 11.5. The summed E-state index contributed by atoms with van der Waals surface area (Å²) >= 11 is 0. The molecule has 5 atom stereocenters.